The minimum Gasteiger partial charge on any atom is -0.463 e. The second-order valence-corrected chi connectivity index (χ2v) is 12.0. The molecule has 0 aromatic heterocycles. The number of hydrogen-bond donors (Lipinski definition) is 3. The number of allylic oxidation sites excluding steroid dienone is 2. The number of hydrogen-bond acceptors (Lipinski definition) is 6. The predicted molar refractivity (Wildman–Crippen MR) is 160 cm³/mol. The van der Waals surface area contributed by atoms with Gasteiger partial charge in [-0.25, -0.2) is 0 Å². The number of aliphatic hydroxyl groups excluding tert-OH is 2. The molecule has 0 aromatic carbocycles. The number of ether oxygens (including phenoxy) is 1. The molecule has 2 atom stereocenters. The van der Waals surface area contributed by atoms with Crippen LogP contribution in [0, 0.1) is 5.41 Å². The zero-order chi connectivity index (χ0) is 29.6. The Morgan fingerprint density at radius 2 is 1.55 bits per heavy atom. The number of likely N-dealkylation sites (tertiary alicyclic amines) is 1. The first-order chi connectivity index (χ1) is 19.2. The smallest absolute Gasteiger partial charge is 0.307 e. The van der Waals surface area contributed by atoms with E-state index in [-0.39, 0.29) is 38.1 Å². The maximum atomic E-state index is 12.7. The highest BCUT2D eigenvalue weighted by molar-refractivity contribution is 5.82. The van der Waals surface area contributed by atoms with Crippen LogP contribution in [0.3, 0.4) is 0 Å². The van der Waals surface area contributed by atoms with Crippen LogP contribution in [0.5, 0.6) is 0 Å². The molecule has 1 aliphatic rings. The Kier molecular flexibility index (Phi) is 19.6. The summed E-state index contributed by atoms with van der Waals surface area (Å²) in [7, 11) is 0. The topological polar surface area (TPSA) is 116 Å². The number of nitrogens with one attached hydrogen (secondary N) is 1. The number of unbranched alkanes of at least 4 members (excludes halogenated alkanes) is 11. The van der Waals surface area contributed by atoms with E-state index in [1.807, 2.05) is 4.90 Å². The van der Waals surface area contributed by atoms with Crippen molar-refractivity contribution < 1.29 is 29.3 Å². The lowest BCUT2D eigenvalue weighted by Gasteiger charge is -2.27. The molecule has 0 radical (unpaired) electrons. The molecular weight excluding hydrogens is 508 g/mol. The second kappa shape index (κ2) is 21.8. The van der Waals surface area contributed by atoms with Crippen molar-refractivity contribution in [2.24, 2.45) is 5.41 Å². The fraction of sp³-hybridized carbons (Fsp3) is 0.844. The normalized spacial score (nSPS) is 16.4. The number of rotatable bonds is 23. The van der Waals surface area contributed by atoms with Gasteiger partial charge in [0.25, 0.3) is 0 Å². The van der Waals surface area contributed by atoms with Crippen molar-refractivity contribution in [1.82, 2.24) is 10.2 Å². The maximum absolute atomic E-state index is 12.7. The van der Waals surface area contributed by atoms with Crippen LogP contribution >= 0.6 is 0 Å². The summed E-state index contributed by atoms with van der Waals surface area (Å²) in [6.07, 6.45) is 21.5. The van der Waals surface area contributed by atoms with E-state index in [0.29, 0.717) is 13.0 Å². The molecule has 8 nitrogen and oxygen atoms in total. The Morgan fingerprint density at radius 1 is 0.950 bits per heavy atom. The molecule has 232 valence electrons. The molecule has 3 N–H and O–H groups in total. The maximum Gasteiger partial charge on any atom is 0.307 e. The Bertz CT molecular complexity index is 739. The van der Waals surface area contributed by atoms with Crippen molar-refractivity contribution in [3.8, 4) is 0 Å². The number of amides is 2. The van der Waals surface area contributed by atoms with Gasteiger partial charge in [0.15, 0.2) is 0 Å². The van der Waals surface area contributed by atoms with Gasteiger partial charge in [-0.2, -0.15) is 0 Å². The van der Waals surface area contributed by atoms with E-state index in [9.17, 15) is 24.6 Å². The Morgan fingerprint density at radius 3 is 2.17 bits per heavy atom. The van der Waals surface area contributed by atoms with E-state index in [1.165, 1.54) is 57.8 Å². The first kappa shape index (κ1) is 36.1. The average molecular weight is 567 g/mol. The first-order valence-electron chi connectivity index (χ1n) is 15.9. The molecule has 1 aliphatic heterocycles. The van der Waals surface area contributed by atoms with E-state index in [2.05, 4.69) is 24.4 Å². The summed E-state index contributed by atoms with van der Waals surface area (Å²) in [6.45, 7) is 6.00. The Balaban J connectivity index is 2.10. The zero-order valence-electron chi connectivity index (χ0n) is 25.6. The average Bonchev–Trinajstić information content (AvgIpc) is 3.42. The molecule has 0 spiro atoms. The van der Waals surface area contributed by atoms with Gasteiger partial charge in [-0.3, -0.25) is 14.4 Å². The number of carbonyl (C=O) groups excluding carboxylic acids is 3. The molecule has 0 bridgehead atoms. The molecule has 2 amide bonds. The third-order valence-electron chi connectivity index (χ3n) is 7.81. The van der Waals surface area contributed by atoms with Crippen molar-refractivity contribution in [2.45, 2.75) is 142 Å². The van der Waals surface area contributed by atoms with Gasteiger partial charge in [0.05, 0.1) is 19.1 Å². The fourth-order valence-electron chi connectivity index (χ4n) is 4.91. The summed E-state index contributed by atoms with van der Waals surface area (Å²) in [5.41, 5.74) is -0.965. The standard InChI is InChI=1S/C32H58N2O6/c1-4-5-6-7-8-9-10-11-12-13-14-15-16-17-18-21-28(36)34-24-19-20-27(34)25-40-29(37)22-23-33-31(39)30(38)32(2,3)26-35/h11-12,27,30,35,38H,4-10,13-26H2,1-3H3,(H,33,39). The van der Waals surface area contributed by atoms with E-state index in [0.717, 1.165) is 38.5 Å². The summed E-state index contributed by atoms with van der Waals surface area (Å²) in [5.74, 6) is -0.938. The number of aliphatic hydroxyl groups is 2. The van der Waals surface area contributed by atoms with Crippen molar-refractivity contribution >= 4 is 17.8 Å². The van der Waals surface area contributed by atoms with Gasteiger partial charge in [0, 0.05) is 24.9 Å². The first-order valence-corrected chi connectivity index (χ1v) is 15.9. The van der Waals surface area contributed by atoms with Gasteiger partial charge >= 0.3 is 5.97 Å². The summed E-state index contributed by atoms with van der Waals surface area (Å²) in [5, 5.41) is 21.8. The molecule has 0 aromatic rings. The molecule has 0 saturated carbocycles. The van der Waals surface area contributed by atoms with Crippen molar-refractivity contribution in [3.63, 3.8) is 0 Å². The quantitative estimate of drug-likeness (QED) is 0.0861. The molecule has 2 unspecified atom stereocenters. The summed E-state index contributed by atoms with van der Waals surface area (Å²) in [4.78, 5) is 38.7. The lowest BCUT2D eigenvalue weighted by Crippen LogP contribution is -2.46. The predicted octanol–water partition coefficient (Wildman–Crippen LogP) is 5.44. The third kappa shape index (κ3) is 15.8. The molecular formula is C32H58N2O6. The third-order valence-corrected chi connectivity index (χ3v) is 7.81. The van der Waals surface area contributed by atoms with Crippen LogP contribution in [0.4, 0.5) is 0 Å². The molecule has 1 fully saturated rings. The van der Waals surface area contributed by atoms with Crippen LogP contribution in [-0.2, 0) is 19.1 Å². The second-order valence-electron chi connectivity index (χ2n) is 12.0. The van der Waals surface area contributed by atoms with Gasteiger partial charge in [-0.1, -0.05) is 84.3 Å². The van der Waals surface area contributed by atoms with Gasteiger partial charge < -0.3 is 25.2 Å². The summed E-state index contributed by atoms with van der Waals surface area (Å²) >= 11 is 0. The van der Waals surface area contributed by atoms with E-state index in [1.54, 1.807) is 13.8 Å². The highest BCUT2D eigenvalue weighted by Crippen LogP contribution is 2.21. The lowest BCUT2D eigenvalue weighted by molar-refractivity contribution is -0.147. The molecule has 0 aliphatic carbocycles. The molecule has 1 saturated heterocycles. The highest BCUT2D eigenvalue weighted by Gasteiger charge is 2.33. The van der Waals surface area contributed by atoms with Gasteiger partial charge in [-0.05, 0) is 44.9 Å². The van der Waals surface area contributed by atoms with Crippen molar-refractivity contribution in [2.75, 3.05) is 26.3 Å². The number of esters is 1. The van der Waals surface area contributed by atoms with E-state index in [4.69, 9.17) is 4.74 Å². The van der Waals surface area contributed by atoms with Crippen LogP contribution in [0.25, 0.3) is 0 Å². The largest absolute Gasteiger partial charge is 0.463 e. The monoisotopic (exact) mass is 566 g/mol. The molecule has 40 heavy (non-hydrogen) atoms. The lowest BCUT2D eigenvalue weighted by atomic mass is 9.87. The Hall–Kier alpha value is -1.93. The van der Waals surface area contributed by atoms with Crippen LogP contribution in [0.1, 0.15) is 130 Å². The van der Waals surface area contributed by atoms with Crippen molar-refractivity contribution in [3.05, 3.63) is 12.2 Å². The van der Waals surface area contributed by atoms with Crippen LogP contribution in [-0.4, -0.2) is 71.3 Å². The zero-order valence-corrected chi connectivity index (χ0v) is 25.6. The molecule has 1 heterocycles. The van der Waals surface area contributed by atoms with Crippen LogP contribution in [0.15, 0.2) is 12.2 Å². The van der Waals surface area contributed by atoms with E-state index < -0.39 is 23.4 Å². The number of nitrogens with zero attached hydrogens (tertiary/aromatic N) is 1. The SMILES string of the molecule is CCCCCCCCC=CCCCCCCCC(=O)N1CCCC1COC(=O)CCNC(=O)C(O)C(C)(C)CO. The molecule has 1 rings (SSSR count). The Labute approximate surface area is 243 Å². The minimum atomic E-state index is -1.37. The van der Waals surface area contributed by atoms with Gasteiger partial charge in [-0.15, -0.1) is 0 Å². The van der Waals surface area contributed by atoms with E-state index >= 15 is 0 Å². The summed E-state index contributed by atoms with van der Waals surface area (Å²) in [6, 6.07) is -0.0821. The van der Waals surface area contributed by atoms with Crippen LogP contribution in [0.2, 0.25) is 0 Å². The number of carbonyl (C=O) groups is 3. The minimum absolute atomic E-state index is 0.0202. The summed E-state index contributed by atoms with van der Waals surface area (Å²) < 4.78 is 5.38. The van der Waals surface area contributed by atoms with Crippen LogP contribution < -0.4 is 5.32 Å². The van der Waals surface area contributed by atoms with Crippen molar-refractivity contribution in [1.29, 1.82) is 0 Å². The molecule has 8 heteroatoms. The fourth-order valence-corrected chi connectivity index (χ4v) is 4.91. The van der Waals surface area contributed by atoms with Gasteiger partial charge in [0.2, 0.25) is 11.8 Å². The van der Waals surface area contributed by atoms with Gasteiger partial charge in [0.1, 0.15) is 12.7 Å². The highest BCUT2D eigenvalue weighted by atomic mass is 16.5.